The molecule has 0 unspecified atom stereocenters. The molecule has 0 saturated carbocycles. The molecule has 4 heteroatoms. The third-order valence-electron chi connectivity index (χ3n) is 2.44. The molecule has 0 saturated heterocycles. The highest BCUT2D eigenvalue weighted by atomic mass is 127. The van der Waals surface area contributed by atoms with E-state index in [-0.39, 0.29) is 24.0 Å². The van der Waals surface area contributed by atoms with Crippen LogP contribution in [0, 0.1) is 12.3 Å². The lowest BCUT2D eigenvalue weighted by molar-refractivity contribution is 0.804. The first-order chi connectivity index (χ1) is 8.86. The van der Waals surface area contributed by atoms with E-state index >= 15 is 0 Å². The summed E-state index contributed by atoms with van der Waals surface area (Å²) < 4.78 is 0. The van der Waals surface area contributed by atoms with E-state index in [2.05, 4.69) is 45.8 Å². The molecule has 1 aromatic carbocycles. The molecule has 0 aromatic heterocycles. The number of hydrogen-bond donors (Lipinski definition) is 2. The Bertz CT molecular complexity index is 396. The van der Waals surface area contributed by atoms with Crippen LogP contribution in [0.25, 0.3) is 0 Å². The van der Waals surface area contributed by atoms with Crippen LogP contribution in [0.1, 0.15) is 18.9 Å². The summed E-state index contributed by atoms with van der Waals surface area (Å²) in [6.45, 7) is 4.19. The van der Waals surface area contributed by atoms with Gasteiger partial charge in [0.05, 0.1) is 6.54 Å². The monoisotopic (exact) mass is 371 g/mol. The SMILES string of the molecule is C#CCNC(=NCCCc1ccccc1)NCC.I. The Morgan fingerprint density at radius 1 is 1.26 bits per heavy atom. The molecular formula is C15H22IN3. The summed E-state index contributed by atoms with van der Waals surface area (Å²) in [4.78, 5) is 4.46. The zero-order valence-corrected chi connectivity index (χ0v) is 13.7. The quantitative estimate of drug-likeness (QED) is 0.265. The molecular weight excluding hydrogens is 349 g/mol. The largest absolute Gasteiger partial charge is 0.357 e. The van der Waals surface area contributed by atoms with Crippen LogP contribution in [-0.4, -0.2) is 25.6 Å². The van der Waals surface area contributed by atoms with E-state index in [9.17, 15) is 0 Å². The maximum Gasteiger partial charge on any atom is 0.192 e. The van der Waals surface area contributed by atoms with Gasteiger partial charge in [-0.1, -0.05) is 36.3 Å². The third-order valence-corrected chi connectivity index (χ3v) is 2.44. The van der Waals surface area contributed by atoms with Crippen LogP contribution >= 0.6 is 24.0 Å². The van der Waals surface area contributed by atoms with Crippen LogP contribution in [0.2, 0.25) is 0 Å². The molecule has 1 rings (SSSR count). The van der Waals surface area contributed by atoms with E-state index in [1.165, 1.54) is 5.56 Å². The smallest absolute Gasteiger partial charge is 0.192 e. The second-order valence-electron chi connectivity index (χ2n) is 3.91. The Morgan fingerprint density at radius 2 is 2.00 bits per heavy atom. The van der Waals surface area contributed by atoms with Crippen molar-refractivity contribution in [2.45, 2.75) is 19.8 Å². The number of halogens is 1. The van der Waals surface area contributed by atoms with Gasteiger partial charge >= 0.3 is 0 Å². The second kappa shape index (κ2) is 11.8. The fraction of sp³-hybridized carbons (Fsp3) is 0.400. The summed E-state index contributed by atoms with van der Waals surface area (Å²) in [5.41, 5.74) is 1.36. The molecule has 0 aliphatic heterocycles. The van der Waals surface area contributed by atoms with Crippen molar-refractivity contribution in [2.24, 2.45) is 4.99 Å². The molecule has 0 radical (unpaired) electrons. The lowest BCUT2D eigenvalue weighted by Crippen LogP contribution is -2.37. The van der Waals surface area contributed by atoms with Gasteiger partial charge in [0.2, 0.25) is 0 Å². The minimum atomic E-state index is 0. The highest BCUT2D eigenvalue weighted by molar-refractivity contribution is 14.0. The number of aliphatic imine (C=N–C) groups is 1. The van der Waals surface area contributed by atoms with E-state index in [1.54, 1.807) is 0 Å². The van der Waals surface area contributed by atoms with Gasteiger partial charge < -0.3 is 10.6 Å². The summed E-state index contributed by atoms with van der Waals surface area (Å²) in [6.07, 6.45) is 7.30. The first-order valence-corrected chi connectivity index (χ1v) is 6.36. The van der Waals surface area contributed by atoms with E-state index in [4.69, 9.17) is 6.42 Å². The fourth-order valence-electron chi connectivity index (χ4n) is 1.60. The second-order valence-corrected chi connectivity index (χ2v) is 3.91. The molecule has 104 valence electrons. The number of aryl methyl sites for hydroxylation is 1. The Morgan fingerprint density at radius 3 is 2.63 bits per heavy atom. The molecule has 0 atom stereocenters. The predicted molar refractivity (Wildman–Crippen MR) is 93.0 cm³/mol. The van der Waals surface area contributed by atoms with Gasteiger partial charge in [-0.3, -0.25) is 4.99 Å². The van der Waals surface area contributed by atoms with Crippen molar-refractivity contribution in [2.75, 3.05) is 19.6 Å². The van der Waals surface area contributed by atoms with Crippen molar-refractivity contribution in [3.05, 3.63) is 35.9 Å². The minimum absolute atomic E-state index is 0. The number of guanidine groups is 1. The Labute approximate surface area is 133 Å². The van der Waals surface area contributed by atoms with Crippen molar-refractivity contribution >= 4 is 29.9 Å². The Balaban J connectivity index is 0.00000324. The maximum absolute atomic E-state index is 5.21. The van der Waals surface area contributed by atoms with Crippen molar-refractivity contribution in [3.8, 4) is 12.3 Å². The third kappa shape index (κ3) is 8.49. The molecule has 0 fully saturated rings. The number of nitrogens with zero attached hydrogens (tertiary/aromatic N) is 1. The lowest BCUT2D eigenvalue weighted by Gasteiger charge is -2.08. The lowest BCUT2D eigenvalue weighted by atomic mass is 10.1. The number of terminal acetylenes is 1. The molecule has 0 aliphatic carbocycles. The first kappa shape index (κ1) is 17.8. The van der Waals surface area contributed by atoms with Gasteiger partial charge in [-0.25, -0.2) is 0 Å². The summed E-state index contributed by atoms with van der Waals surface area (Å²) in [6, 6.07) is 10.5. The number of rotatable bonds is 6. The number of benzene rings is 1. The topological polar surface area (TPSA) is 36.4 Å². The van der Waals surface area contributed by atoms with Gasteiger partial charge in [-0.2, -0.15) is 0 Å². The van der Waals surface area contributed by atoms with Crippen molar-refractivity contribution in [3.63, 3.8) is 0 Å². The molecule has 0 aliphatic rings. The Hall–Kier alpha value is -1.22. The highest BCUT2D eigenvalue weighted by Crippen LogP contribution is 2.02. The summed E-state index contributed by atoms with van der Waals surface area (Å²) in [5.74, 6) is 3.34. The Kier molecular flexibility index (Phi) is 11.1. The summed E-state index contributed by atoms with van der Waals surface area (Å²) in [7, 11) is 0. The van der Waals surface area contributed by atoms with Gasteiger partial charge in [0, 0.05) is 13.1 Å². The first-order valence-electron chi connectivity index (χ1n) is 6.36. The van der Waals surface area contributed by atoms with Gasteiger partial charge in [0.1, 0.15) is 0 Å². The van der Waals surface area contributed by atoms with Crippen molar-refractivity contribution in [1.82, 2.24) is 10.6 Å². The molecule has 2 N–H and O–H groups in total. The predicted octanol–water partition coefficient (Wildman–Crippen LogP) is 2.43. The maximum atomic E-state index is 5.21. The molecule has 0 bridgehead atoms. The van der Waals surface area contributed by atoms with E-state index in [0.717, 1.165) is 31.9 Å². The van der Waals surface area contributed by atoms with Gasteiger partial charge in [-0.05, 0) is 25.3 Å². The van der Waals surface area contributed by atoms with Crippen LogP contribution in [0.3, 0.4) is 0 Å². The molecule has 0 heterocycles. The zero-order valence-electron chi connectivity index (χ0n) is 11.4. The van der Waals surface area contributed by atoms with Crippen molar-refractivity contribution < 1.29 is 0 Å². The van der Waals surface area contributed by atoms with E-state index in [1.807, 2.05) is 13.0 Å². The standard InChI is InChI=1S/C15H21N3.HI/c1-3-12-17-15(16-4-2)18-13-8-11-14-9-6-5-7-10-14;/h1,5-7,9-10H,4,8,11-13H2,2H3,(H2,16,17,18);1H. The fourth-order valence-corrected chi connectivity index (χ4v) is 1.60. The van der Waals surface area contributed by atoms with Gasteiger partial charge in [0.25, 0.3) is 0 Å². The van der Waals surface area contributed by atoms with Crippen molar-refractivity contribution in [1.29, 1.82) is 0 Å². The molecule has 0 amide bonds. The van der Waals surface area contributed by atoms with Gasteiger partial charge in [0.15, 0.2) is 5.96 Å². The minimum Gasteiger partial charge on any atom is -0.357 e. The molecule has 1 aromatic rings. The van der Waals surface area contributed by atoms with Crippen LogP contribution < -0.4 is 10.6 Å². The zero-order chi connectivity index (χ0) is 13.1. The van der Waals surface area contributed by atoms with Gasteiger partial charge in [-0.15, -0.1) is 30.4 Å². The summed E-state index contributed by atoms with van der Waals surface area (Å²) in [5, 5.41) is 6.23. The highest BCUT2D eigenvalue weighted by Gasteiger charge is 1.95. The van der Waals surface area contributed by atoms with Crippen LogP contribution in [0.5, 0.6) is 0 Å². The summed E-state index contributed by atoms with van der Waals surface area (Å²) >= 11 is 0. The molecule has 19 heavy (non-hydrogen) atoms. The normalized spacial score (nSPS) is 10.2. The van der Waals surface area contributed by atoms with Crippen LogP contribution in [-0.2, 0) is 6.42 Å². The molecule has 0 spiro atoms. The van der Waals surface area contributed by atoms with Crippen LogP contribution in [0.4, 0.5) is 0 Å². The number of nitrogens with one attached hydrogen (secondary N) is 2. The van der Waals surface area contributed by atoms with E-state index in [0.29, 0.717) is 6.54 Å². The average molecular weight is 371 g/mol. The average Bonchev–Trinajstić information content (AvgIpc) is 2.42. The number of hydrogen-bond acceptors (Lipinski definition) is 1. The van der Waals surface area contributed by atoms with Crippen LogP contribution in [0.15, 0.2) is 35.3 Å². The molecule has 3 nitrogen and oxygen atoms in total. The van der Waals surface area contributed by atoms with E-state index < -0.39 is 0 Å².